The van der Waals surface area contributed by atoms with E-state index in [2.05, 4.69) is 20.6 Å². The van der Waals surface area contributed by atoms with E-state index in [1.54, 1.807) is 24.3 Å². The summed E-state index contributed by atoms with van der Waals surface area (Å²) in [5, 5.41) is 5.85. The molecule has 0 aliphatic heterocycles. The maximum Gasteiger partial charge on any atom is 0.275 e. The maximum absolute atomic E-state index is 12.2. The SMILES string of the molecule is CC(=O)c1ccc(Nc2cnc(C(=O)Nc3ccc(C)cc3)cn2)cc1. The van der Waals surface area contributed by atoms with Gasteiger partial charge in [-0.25, -0.2) is 9.97 Å². The Balaban J connectivity index is 1.64. The minimum atomic E-state index is -0.321. The Morgan fingerprint density at radius 2 is 1.50 bits per heavy atom. The highest BCUT2D eigenvalue weighted by Crippen LogP contribution is 2.15. The number of anilines is 3. The van der Waals surface area contributed by atoms with Crippen LogP contribution >= 0.6 is 0 Å². The van der Waals surface area contributed by atoms with Crippen molar-refractivity contribution >= 4 is 28.9 Å². The number of carbonyl (C=O) groups excluding carboxylic acids is 2. The first kappa shape index (κ1) is 17.3. The van der Waals surface area contributed by atoms with E-state index in [-0.39, 0.29) is 17.4 Å². The smallest absolute Gasteiger partial charge is 0.275 e. The molecule has 0 saturated carbocycles. The highest BCUT2D eigenvalue weighted by molar-refractivity contribution is 6.02. The van der Waals surface area contributed by atoms with Gasteiger partial charge in [-0.15, -0.1) is 0 Å². The summed E-state index contributed by atoms with van der Waals surface area (Å²) in [6, 6.07) is 14.6. The molecule has 6 nitrogen and oxygen atoms in total. The quantitative estimate of drug-likeness (QED) is 0.683. The minimum Gasteiger partial charge on any atom is -0.339 e. The summed E-state index contributed by atoms with van der Waals surface area (Å²) in [6.45, 7) is 3.50. The number of rotatable bonds is 5. The van der Waals surface area contributed by atoms with Crippen LogP contribution in [0.1, 0.15) is 33.3 Å². The second kappa shape index (κ2) is 7.57. The number of ketones is 1. The van der Waals surface area contributed by atoms with Gasteiger partial charge >= 0.3 is 0 Å². The van der Waals surface area contributed by atoms with Crippen LogP contribution in [0.25, 0.3) is 0 Å². The molecule has 0 unspecified atom stereocenters. The number of hydrogen-bond acceptors (Lipinski definition) is 5. The number of amides is 1. The van der Waals surface area contributed by atoms with Crippen LogP contribution in [0.15, 0.2) is 60.9 Å². The molecule has 0 fully saturated rings. The molecule has 0 aliphatic rings. The highest BCUT2D eigenvalue weighted by atomic mass is 16.2. The Morgan fingerprint density at radius 1 is 0.846 bits per heavy atom. The van der Waals surface area contributed by atoms with Gasteiger partial charge in [-0.1, -0.05) is 17.7 Å². The fourth-order valence-corrected chi connectivity index (χ4v) is 2.28. The third-order valence-electron chi connectivity index (χ3n) is 3.76. The average Bonchev–Trinajstić information content (AvgIpc) is 2.64. The van der Waals surface area contributed by atoms with Crippen molar-refractivity contribution < 1.29 is 9.59 Å². The molecule has 3 rings (SSSR count). The molecule has 0 aliphatic carbocycles. The lowest BCUT2D eigenvalue weighted by molar-refractivity contribution is 0.101. The summed E-state index contributed by atoms with van der Waals surface area (Å²) in [5.41, 5.74) is 3.47. The largest absolute Gasteiger partial charge is 0.339 e. The zero-order valence-electron chi connectivity index (χ0n) is 14.5. The summed E-state index contributed by atoms with van der Waals surface area (Å²) in [6.07, 6.45) is 2.90. The first-order valence-corrected chi connectivity index (χ1v) is 8.09. The van der Waals surface area contributed by atoms with Crippen molar-refractivity contribution in [3.63, 3.8) is 0 Å². The van der Waals surface area contributed by atoms with Crippen LogP contribution in [0.2, 0.25) is 0 Å². The topological polar surface area (TPSA) is 84.0 Å². The van der Waals surface area contributed by atoms with Crippen molar-refractivity contribution in [2.45, 2.75) is 13.8 Å². The summed E-state index contributed by atoms with van der Waals surface area (Å²) in [5.74, 6) is 0.200. The van der Waals surface area contributed by atoms with Gasteiger partial charge in [0.2, 0.25) is 0 Å². The van der Waals surface area contributed by atoms with E-state index in [0.29, 0.717) is 17.1 Å². The Labute approximate surface area is 151 Å². The van der Waals surface area contributed by atoms with Crippen LogP contribution < -0.4 is 10.6 Å². The number of Topliss-reactive ketones (excluding diaryl/α,β-unsaturated/α-hetero) is 1. The van der Waals surface area contributed by atoms with Crippen molar-refractivity contribution in [2.24, 2.45) is 0 Å². The van der Waals surface area contributed by atoms with Gasteiger partial charge in [-0.3, -0.25) is 9.59 Å². The number of carbonyl (C=O) groups is 2. The fraction of sp³-hybridized carbons (Fsp3) is 0.100. The molecule has 1 heterocycles. The molecule has 3 aromatic rings. The van der Waals surface area contributed by atoms with Gasteiger partial charge in [-0.2, -0.15) is 0 Å². The third kappa shape index (κ3) is 4.30. The second-order valence-electron chi connectivity index (χ2n) is 5.87. The van der Waals surface area contributed by atoms with Gasteiger partial charge in [0.25, 0.3) is 5.91 Å². The van der Waals surface area contributed by atoms with Gasteiger partial charge in [0, 0.05) is 16.9 Å². The lowest BCUT2D eigenvalue weighted by Crippen LogP contribution is -2.14. The Kier molecular flexibility index (Phi) is 5.03. The standard InChI is InChI=1S/C20H18N4O2/c1-13-3-7-17(8-4-13)24-20(26)18-11-22-19(12-21-18)23-16-9-5-15(6-10-16)14(2)25/h3-12H,1-2H3,(H,22,23)(H,24,26). The zero-order valence-corrected chi connectivity index (χ0v) is 14.5. The molecule has 0 radical (unpaired) electrons. The molecular formula is C20H18N4O2. The number of nitrogens with one attached hydrogen (secondary N) is 2. The van der Waals surface area contributed by atoms with Gasteiger partial charge < -0.3 is 10.6 Å². The molecule has 0 atom stereocenters. The van der Waals surface area contributed by atoms with Crippen LogP contribution in [-0.2, 0) is 0 Å². The summed E-state index contributed by atoms with van der Waals surface area (Å²) in [4.78, 5) is 31.8. The van der Waals surface area contributed by atoms with E-state index in [9.17, 15) is 9.59 Å². The van der Waals surface area contributed by atoms with E-state index >= 15 is 0 Å². The molecule has 130 valence electrons. The number of benzene rings is 2. The molecule has 0 bridgehead atoms. The van der Waals surface area contributed by atoms with Crippen LogP contribution in [-0.4, -0.2) is 21.7 Å². The number of nitrogens with zero attached hydrogens (tertiary/aromatic N) is 2. The molecule has 6 heteroatoms. The van der Waals surface area contributed by atoms with Gasteiger partial charge in [-0.05, 0) is 50.2 Å². The predicted molar refractivity (Wildman–Crippen MR) is 101 cm³/mol. The normalized spacial score (nSPS) is 10.2. The lowest BCUT2D eigenvalue weighted by Gasteiger charge is -2.07. The maximum atomic E-state index is 12.2. The van der Waals surface area contributed by atoms with Crippen molar-refractivity contribution in [1.29, 1.82) is 0 Å². The van der Waals surface area contributed by atoms with Crippen molar-refractivity contribution in [3.8, 4) is 0 Å². The Bertz CT molecular complexity index is 918. The van der Waals surface area contributed by atoms with Gasteiger partial charge in [0.1, 0.15) is 11.5 Å². The zero-order chi connectivity index (χ0) is 18.5. The monoisotopic (exact) mass is 346 g/mol. The Morgan fingerprint density at radius 3 is 2.08 bits per heavy atom. The Hall–Kier alpha value is -3.54. The van der Waals surface area contributed by atoms with Crippen molar-refractivity contribution in [3.05, 3.63) is 77.7 Å². The first-order valence-electron chi connectivity index (χ1n) is 8.09. The third-order valence-corrected chi connectivity index (χ3v) is 3.76. The van der Waals surface area contributed by atoms with Crippen LogP contribution in [0, 0.1) is 6.92 Å². The van der Waals surface area contributed by atoms with E-state index in [1.807, 2.05) is 31.2 Å². The molecule has 0 spiro atoms. The van der Waals surface area contributed by atoms with Crippen LogP contribution in [0.4, 0.5) is 17.2 Å². The van der Waals surface area contributed by atoms with E-state index in [1.165, 1.54) is 19.3 Å². The highest BCUT2D eigenvalue weighted by Gasteiger charge is 2.09. The van der Waals surface area contributed by atoms with Crippen molar-refractivity contribution in [2.75, 3.05) is 10.6 Å². The fourth-order valence-electron chi connectivity index (χ4n) is 2.28. The van der Waals surface area contributed by atoms with E-state index in [0.717, 1.165) is 11.3 Å². The number of aromatic nitrogens is 2. The molecule has 1 aromatic heterocycles. The molecule has 2 N–H and O–H groups in total. The predicted octanol–water partition coefficient (Wildman–Crippen LogP) is 3.98. The van der Waals surface area contributed by atoms with Crippen LogP contribution in [0.5, 0.6) is 0 Å². The lowest BCUT2D eigenvalue weighted by atomic mass is 10.1. The molecule has 0 saturated heterocycles. The number of aryl methyl sites for hydroxylation is 1. The van der Waals surface area contributed by atoms with Gasteiger partial charge in [0.15, 0.2) is 5.78 Å². The molecule has 26 heavy (non-hydrogen) atoms. The number of hydrogen-bond donors (Lipinski definition) is 2. The summed E-state index contributed by atoms with van der Waals surface area (Å²) >= 11 is 0. The average molecular weight is 346 g/mol. The molecular weight excluding hydrogens is 328 g/mol. The van der Waals surface area contributed by atoms with E-state index < -0.39 is 0 Å². The van der Waals surface area contributed by atoms with E-state index in [4.69, 9.17) is 0 Å². The van der Waals surface area contributed by atoms with Crippen LogP contribution in [0.3, 0.4) is 0 Å². The first-order chi connectivity index (χ1) is 12.5. The van der Waals surface area contributed by atoms with Crippen molar-refractivity contribution in [1.82, 2.24) is 9.97 Å². The molecule has 2 aromatic carbocycles. The summed E-state index contributed by atoms with van der Waals surface area (Å²) < 4.78 is 0. The minimum absolute atomic E-state index is 0.0142. The van der Waals surface area contributed by atoms with Gasteiger partial charge in [0.05, 0.1) is 12.4 Å². The summed E-state index contributed by atoms with van der Waals surface area (Å²) in [7, 11) is 0. The second-order valence-corrected chi connectivity index (χ2v) is 5.87. The molecule has 1 amide bonds.